The maximum absolute atomic E-state index is 9.98. The summed E-state index contributed by atoms with van der Waals surface area (Å²) in [6.07, 6.45) is 6.71. The van der Waals surface area contributed by atoms with Gasteiger partial charge >= 0.3 is 0 Å². The number of rotatable bonds is 4. The third-order valence-electron chi connectivity index (χ3n) is 3.59. The zero-order chi connectivity index (χ0) is 13.7. The first kappa shape index (κ1) is 13.7. The van der Waals surface area contributed by atoms with Crippen molar-refractivity contribution in [3.63, 3.8) is 0 Å². The van der Waals surface area contributed by atoms with Gasteiger partial charge in [0.15, 0.2) is 0 Å². The second-order valence-electron chi connectivity index (χ2n) is 4.96. The Bertz CT molecular complexity index is 451. The summed E-state index contributed by atoms with van der Waals surface area (Å²) in [5.41, 5.74) is 1.03. The van der Waals surface area contributed by atoms with Crippen molar-refractivity contribution in [3.05, 3.63) is 23.8 Å². The van der Waals surface area contributed by atoms with Crippen LogP contribution in [0, 0.1) is 0 Å². The lowest BCUT2D eigenvalue weighted by Gasteiger charge is -2.23. The maximum atomic E-state index is 9.98. The van der Waals surface area contributed by atoms with Crippen LogP contribution >= 0.6 is 0 Å². The smallest absolute Gasteiger partial charge is 0.128 e. The third-order valence-corrected chi connectivity index (χ3v) is 3.59. The number of ether oxygens (including phenoxy) is 1. The fourth-order valence-corrected chi connectivity index (χ4v) is 2.52. The fraction of sp³-hybridized carbons (Fsp3) is 0.533. The van der Waals surface area contributed by atoms with Gasteiger partial charge in [0, 0.05) is 11.6 Å². The number of phenols is 1. The van der Waals surface area contributed by atoms with Crippen LogP contribution in [-0.4, -0.2) is 22.1 Å². The lowest BCUT2D eigenvalue weighted by molar-refractivity contribution is 0.154. The molecule has 0 amide bonds. The summed E-state index contributed by atoms with van der Waals surface area (Å²) in [5.74, 6) is 0.782. The average Bonchev–Trinajstić information content (AvgIpc) is 2.43. The molecule has 0 aromatic heterocycles. The van der Waals surface area contributed by atoms with Crippen molar-refractivity contribution in [2.75, 3.05) is 0 Å². The largest absolute Gasteiger partial charge is 0.507 e. The van der Waals surface area contributed by atoms with E-state index in [-0.39, 0.29) is 11.9 Å². The fourth-order valence-electron chi connectivity index (χ4n) is 2.52. The minimum absolute atomic E-state index is 0.1000. The van der Waals surface area contributed by atoms with Crippen LogP contribution in [0.25, 0.3) is 0 Å². The first-order chi connectivity index (χ1) is 9.24. The van der Waals surface area contributed by atoms with Crippen molar-refractivity contribution in [2.45, 2.75) is 51.6 Å². The summed E-state index contributed by atoms with van der Waals surface area (Å²) in [6.45, 7) is 1.88. The van der Waals surface area contributed by atoms with Gasteiger partial charge in [-0.2, -0.15) is 0 Å². The molecule has 1 aromatic rings. The summed E-state index contributed by atoms with van der Waals surface area (Å²) in [6, 6.07) is 5.17. The highest BCUT2D eigenvalue weighted by Gasteiger charge is 2.16. The highest BCUT2D eigenvalue weighted by Crippen LogP contribution is 2.28. The zero-order valence-corrected chi connectivity index (χ0v) is 11.3. The lowest BCUT2D eigenvalue weighted by atomic mass is 9.98. The maximum Gasteiger partial charge on any atom is 0.128 e. The highest BCUT2D eigenvalue weighted by molar-refractivity contribution is 6.02. The van der Waals surface area contributed by atoms with E-state index in [0.29, 0.717) is 23.4 Å². The van der Waals surface area contributed by atoms with Crippen LogP contribution in [0.15, 0.2) is 23.4 Å². The van der Waals surface area contributed by atoms with Gasteiger partial charge in [0.1, 0.15) is 11.5 Å². The van der Waals surface area contributed by atoms with Crippen LogP contribution in [-0.2, 0) is 0 Å². The molecular weight excluding hydrogens is 242 g/mol. The van der Waals surface area contributed by atoms with Crippen molar-refractivity contribution in [2.24, 2.45) is 5.16 Å². The van der Waals surface area contributed by atoms with Gasteiger partial charge in [0.2, 0.25) is 0 Å². The number of benzene rings is 1. The van der Waals surface area contributed by atoms with E-state index in [1.807, 2.05) is 13.0 Å². The van der Waals surface area contributed by atoms with Crippen LogP contribution in [0.1, 0.15) is 51.0 Å². The van der Waals surface area contributed by atoms with E-state index in [2.05, 4.69) is 5.16 Å². The molecule has 0 atom stereocenters. The molecule has 0 bridgehead atoms. The van der Waals surface area contributed by atoms with E-state index in [9.17, 15) is 5.11 Å². The molecule has 2 N–H and O–H groups in total. The van der Waals surface area contributed by atoms with Crippen LogP contribution < -0.4 is 4.74 Å². The molecule has 4 heteroatoms. The number of nitrogens with zero attached hydrogens (tertiary/aromatic N) is 1. The van der Waals surface area contributed by atoms with E-state index >= 15 is 0 Å². The Morgan fingerprint density at radius 3 is 2.63 bits per heavy atom. The molecule has 1 aromatic carbocycles. The molecule has 0 unspecified atom stereocenters. The quantitative estimate of drug-likeness (QED) is 0.494. The van der Waals surface area contributed by atoms with Gasteiger partial charge in [-0.25, -0.2) is 0 Å². The standard InChI is InChI=1S/C15H21NO3/c1-2-14(16-18)13-9-8-12(10-15(13)17)19-11-6-4-3-5-7-11/h8-11,17-18H,2-7H2,1H3/b16-14+. The van der Waals surface area contributed by atoms with E-state index in [0.717, 1.165) is 12.8 Å². The lowest BCUT2D eigenvalue weighted by Crippen LogP contribution is -2.19. The molecule has 0 heterocycles. The van der Waals surface area contributed by atoms with E-state index in [1.165, 1.54) is 19.3 Å². The summed E-state index contributed by atoms with van der Waals surface area (Å²) in [4.78, 5) is 0. The normalized spacial score (nSPS) is 17.4. The minimum Gasteiger partial charge on any atom is -0.507 e. The number of phenolic OH excluding ortho intramolecular Hbond substituents is 1. The van der Waals surface area contributed by atoms with Crippen LogP contribution in [0.4, 0.5) is 0 Å². The van der Waals surface area contributed by atoms with E-state index in [4.69, 9.17) is 9.94 Å². The van der Waals surface area contributed by atoms with E-state index in [1.54, 1.807) is 12.1 Å². The van der Waals surface area contributed by atoms with Gasteiger partial charge in [-0.3, -0.25) is 0 Å². The summed E-state index contributed by atoms with van der Waals surface area (Å²) >= 11 is 0. The number of oxime groups is 1. The second-order valence-corrected chi connectivity index (χ2v) is 4.96. The molecule has 19 heavy (non-hydrogen) atoms. The van der Waals surface area contributed by atoms with Crippen molar-refractivity contribution in [3.8, 4) is 11.5 Å². The third kappa shape index (κ3) is 3.40. The first-order valence-electron chi connectivity index (χ1n) is 6.95. The molecule has 2 rings (SSSR count). The number of hydrogen-bond acceptors (Lipinski definition) is 4. The molecule has 0 saturated heterocycles. The van der Waals surface area contributed by atoms with Gasteiger partial charge in [0.05, 0.1) is 11.8 Å². The molecular formula is C15H21NO3. The van der Waals surface area contributed by atoms with Gasteiger partial charge in [-0.15, -0.1) is 0 Å². The zero-order valence-electron chi connectivity index (χ0n) is 11.3. The van der Waals surface area contributed by atoms with Crippen LogP contribution in [0.5, 0.6) is 11.5 Å². The van der Waals surface area contributed by atoms with Crippen molar-refractivity contribution < 1.29 is 15.1 Å². The molecule has 0 spiro atoms. The van der Waals surface area contributed by atoms with Crippen molar-refractivity contribution in [1.82, 2.24) is 0 Å². The Balaban J connectivity index is 2.09. The summed E-state index contributed by atoms with van der Waals surface area (Å²) < 4.78 is 5.88. The summed E-state index contributed by atoms with van der Waals surface area (Å²) in [5, 5.41) is 22.1. The first-order valence-corrected chi connectivity index (χ1v) is 6.95. The Morgan fingerprint density at radius 1 is 1.32 bits per heavy atom. The number of aromatic hydroxyl groups is 1. The SMILES string of the molecule is CC/C(=N\O)c1ccc(OC2CCCCC2)cc1O. The Hall–Kier alpha value is -1.71. The molecule has 4 nitrogen and oxygen atoms in total. The molecule has 1 fully saturated rings. The van der Waals surface area contributed by atoms with E-state index < -0.39 is 0 Å². The Labute approximate surface area is 113 Å². The predicted octanol–water partition coefficient (Wildman–Crippen LogP) is 3.69. The molecule has 1 saturated carbocycles. The molecule has 0 aliphatic heterocycles. The minimum atomic E-state index is 0.1000. The Kier molecular flexibility index (Phi) is 4.66. The second kappa shape index (κ2) is 6.45. The van der Waals surface area contributed by atoms with Gasteiger partial charge in [-0.1, -0.05) is 18.5 Å². The highest BCUT2D eigenvalue weighted by atomic mass is 16.5. The van der Waals surface area contributed by atoms with Crippen LogP contribution in [0.2, 0.25) is 0 Å². The van der Waals surface area contributed by atoms with Gasteiger partial charge < -0.3 is 15.1 Å². The molecule has 1 aliphatic rings. The molecule has 1 aliphatic carbocycles. The van der Waals surface area contributed by atoms with Crippen molar-refractivity contribution in [1.29, 1.82) is 0 Å². The molecule has 0 radical (unpaired) electrons. The Morgan fingerprint density at radius 2 is 2.05 bits per heavy atom. The molecule has 104 valence electrons. The van der Waals surface area contributed by atoms with Gasteiger partial charge in [0.25, 0.3) is 0 Å². The summed E-state index contributed by atoms with van der Waals surface area (Å²) in [7, 11) is 0. The van der Waals surface area contributed by atoms with Crippen LogP contribution in [0.3, 0.4) is 0 Å². The van der Waals surface area contributed by atoms with Crippen molar-refractivity contribution >= 4 is 5.71 Å². The number of hydrogen-bond donors (Lipinski definition) is 2. The monoisotopic (exact) mass is 263 g/mol. The topological polar surface area (TPSA) is 62.1 Å². The predicted molar refractivity (Wildman–Crippen MR) is 74.2 cm³/mol. The van der Waals surface area contributed by atoms with Gasteiger partial charge in [-0.05, 0) is 44.2 Å². The average molecular weight is 263 g/mol.